The number of anilines is 1. The number of carbonyl (C=O) groups is 1. The molecule has 4 rings (SSSR count). The maximum Gasteiger partial charge on any atom is 0.278 e. The predicted octanol–water partition coefficient (Wildman–Crippen LogP) is 4.65. The zero-order chi connectivity index (χ0) is 24.1. The van der Waals surface area contributed by atoms with Gasteiger partial charge in [0.25, 0.3) is 5.91 Å². The van der Waals surface area contributed by atoms with Crippen molar-refractivity contribution in [2.75, 3.05) is 18.5 Å². The van der Waals surface area contributed by atoms with Gasteiger partial charge in [-0.1, -0.05) is 29.5 Å². The van der Waals surface area contributed by atoms with Crippen molar-refractivity contribution in [1.82, 2.24) is 20.0 Å². The van der Waals surface area contributed by atoms with E-state index in [1.807, 2.05) is 57.2 Å². The molecule has 0 fully saturated rings. The molecule has 2 heterocycles. The molecule has 0 saturated carbocycles. The first-order valence-electron chi connectivity index (χ1n) is 11.1. The number of hydrogen-bond donors (Lipinski definition) is 1. The fourth-order valence-corrected chi connectivity index (χ4v) is 3.51. The number of amides is 1. The van der Waals surface area contributed by atoms with E-state index < -0.39 is 0 Å². The first-order chi connectivity index (χ1) is 16.5. The third kappa shape index (κ3) is 4.78. The largest absolute Gasteiger partial charge is 0.493 e. The van der Waals surface area contributed by atoms with E-state index >= 15 is 0 Å². The van der Waals surface area contributed by atoms with Gasteiger partial charge in [0, 0.05) is 0 Å². The highest BCUT2D eigenvalue weighted by Crippen LogP contribution is 2.31. The molecular weight excluding hydrogens is 434 g/mol. The van der Waals surface area contributed by atoms with Gasteiger partial charge in [0.2, 0.25) is 5.89 Å². The van der Waals surface area contributed by atoms with E-state index in [1.54, 1.807) is 23.7 Å². The van der Waals surface area contributed by atoms with Gasteiger partial charge in [0.05, 0.1) is 36.7 Å². The van der Waals surface area contributed by atoms with Gasteiger partial charge >= 0.3 is 0 Å². The molecular formula is C25H27N5O4. The Balaban J connectivity index is 1.54. The smallest absolute Gasteiger partial charge is 0.278 e. The molecule has 0 bridgehead atoms. The average Bonchev–Trinajstić information content (AvgIpc) is 3.38. The molecule has 0 spiro atoms. The maximum atomic E-state index is 12.9. The summed E-state index contributed by atoms with van der Waals surface area (Å²) in [6.45, 7) is 8.82. The van der Waals surface area contributed by atoms with Crippen LogP contribution in [0, 0.1) is 13.8 Å². The number of para-hydroxylation sites is 3. The van der Waals surface area contributed by atoms with Crippen LogP contribution in [0.4, 0.5) is 5.69 Å². The molecule has 1 amide bonds. The average molecular weight is 462 g/mol. The third-order valence-electron chi connectivity index (χ3n) is 5.24. The van der Waals surface area contributed by atoms with Crippen molar-refractivity contribution in [3.63, 3.8) is 0 Å². The third-order valence-corrected chi connectivity index (χ3v) is 5.24. The molecule has 9 nitrogen and oxygen atoms in total. The monoisotopic (exact) mass is 461 g/mol. The summed E-state index contributed by atoms with van der Waals surface area (Å²) < 4.78 is 18.8. The van der Waals surface area contributed by atoms with Gasteiger partial charge in [-0.05, 0) is 52.0 Å². The van der Waals surface area contributed by atoms with Gasteiger partial charge in [-0.3, -0.25) is 4.79 Å². The standard InChI is InChI=1S/C25H27N5O4/c1-5-32-21-13-9-7-11-18(21)25-27-20(17(4)34-25)15-30-16(3)23(28-29-30)24(31)26-19-12-8-10-14-22(19)33-6-2/h7-14H,5-6,15H2,1-4H3,(H,26,31). The molecule has 0 radical (unpaired) electrons. The summed E-state index contributed by atoms with van der Waals surface area (Å²) >= 11 is 0. The summed E-state index contributed by atoms with van der Waals surface area (Å²) in [6, 6.07) is 14.9. The predicted molar refractivity (Wildman–Crippen MR) is 127 cm³/mol. The molecule has 1 N–H and O–H groups in total. The van der Waals surface area contributed by atoms with Crippen LogP contribution in [0.1, 0.15) is 41.5 Å². The lowest BCUT2D eigenvalue weighted by atomic mass is 10.2. The molecule has 2 aromatic carbocycles. The Bertz CT molecular complexity index is 1290. The van der Waals surface area contributed by atoms with Crippen LogP contribution < -0.4 is 14.8 Å². The second kappa shape index (κ2) is 10.2. The summed E-state index contributed by atoms with van der Waals surface area (Å²) in [7, 11) is 0. The second-order valence-electron chi connectivity index (χ2n) is 7.52. The van der Waals surface area contributed by atoms with Crippen LogP contribution >= 0.6 is 0 Å². The molecule has 0 atom stereocenters. The highest BCUT2D eigenvalue weighted by Gasteiger charge is 2.21. The highest BCUT2D eigenvalue weighted by atomic mass is 16.5. The van der Waals surface area contributed by atoms with Crippen LogP contribution in [0.5, 0.6) is 11.5 Å². The van der Waals surface area contributed by atoms with E-state index in [1.165, 1.54) is 0 Å². The van der Waals surface area contributed by atoms with Gasteiger partial charge in [-0.25, -0.2) is 9.67 Å². The number of aryl methyl sites for hydroxylation is 1. The molecule has 0 aliphatic carbocycles. The normalized spacial score (nSPS) is 10.8. The van der Waals surface area contributed by atoms with Crippen LogP contribution in [0.3, 0.4) is 0 Å². The molecule has 2 aromatic heterocycles. The number of aromatic nitrogens is 4. The summed E-state index contributed by atoms with van der Waals surface area (Å²) in [5.74, 6) is 2.08. The van der Waals surface area contributed by atoms with Gasteiger partial charge in [-0.15, -0.1) is 5.10 Å². The number of nitrogens with one attached hydrogen (secondary N) is 1. The Morgan fingerprint density at radius 1 is 1.00 bits per heavy atom. The first kappa shape index (κ1) is 23.0. The van der Waals surface area contributed by atoms with E-state index in [4.69, 9.17) is 13.9 Å². The summed E-state index contributed by atoms with van der Waals surface area (Å²) in [4.78, 5) is 17.5. The lowest BCUT2D eigenvalue weighted by molar-refractivity contribution is 0.102. The first-order valence-corrected chi connectivity index (χ1v) is 11.1. The minimum Gasteiger partial charge on any atom is -0.493 e. The van der Waals surface area contributed by atoms with Crippen molar-refractivity contribution in [3.8, 4) is 23.0 Å². The van der Waals surface area contributed by atoms with Crippen molar-refractivity contribution in [2.45, 2.75) is 34.2 Å². The molecule has 34 heavy (non-hydrogen) atoms. The number of rotatable bonds is 9. The molecule has 9 heteroatoms. The number of nitrogens with zero attached hydrogens (tertiary/aromatic N) is 4. The number of hydrogen-bond acceptors (Lipinski definition) is 7. The zero-order valence-electron chi connectivity index (χ0n) is 19.7. The van der Waals surface area contributed by atoms with Gasteiger partial charge in [0.15, 0.2) is 5.69 Å². The fraction of sp³-hybridized carbons (Fsp3) is 0.280. The number of ether oxygens (including phenoxy) is 2. The molecule has 0 aliphatic rings. The van der Waals surface area contributed by atoms with E-state index in [9.17, 15) is 4.79 Å². The minimum atomic E-state index is -0.362. The fourth-order valence-electron chi connectivity index (χ4n) is 3.51. The van der Waals surface area contributed by atoms with Crippen LogP contribution in [0.25, 0.3) is 11.5 Å². The second-order valence-corrected chi connectivity index (χ2v) is 7.52. The number of oxazole rings is 1. The van der Waals surface area contributed by atoms with Crippen molar-refractivity contribution >= 4 is 11.6 Å². The lowest BCUT2D eigenvalue weighted by Crippen LogP contribution is -2.15. The lowest BCUT2D eigenvalue weighted by Gasteiger charge is -2.10. The Morgan fingerprint density at radius 3 is 2.44 bits per heavy atom. The van der Waals surface area contributed by atoms with Crippen LogP contribution in [-0.4, -0.2) is 39.1 Å². The van der Waals surface area contributed by atoms with Gasteiger partial charge in [-0.2, -0.15) is 0 Å². The van der Waals surface area contributed by atoms with E-state index in [0.29, 0.717) is 60.0 Å². The number of benzene rings is 2. The summed E-state index contributed by atoms with van der Waals surface area (Å²) in [5, 5.41) is 11.1. The Hall–Kier alpha value is -4.14. The highest BCUT2D eigenvalue weighted by molar-refractivity contribution is 6.04. The zero-order valence-corrected chi connectivity index (χ0v) is 19.7. The molecule has 0 saturated heterocycles. The quantitative estimate of drug-likeness (QED) is 0.387. The van der Waals surface area contributed by atoms with Crippen LogP contribution in [0.2, 0.25) is 0 Å². The summed E-state index contributed by atoms with van der Waals surface area (Å²) in [6.07, 6.45) is 0. The molecule has 0 aliphatic heterocycles. The molecule has 176 valence electrons. The Kier molecular flexibility index (Phi) is 6.91. The van der Waals surface area contributed by atoms with E-state index in [-0.39, 0.29) is 11.6 Å². The van der Waals surface area contributed by atoms with Crippen molar-refractivity contribution in [1.29, 1.82) is 0 Å². The number of carbonyl (C=O) groups excluding carboxylic acids is 1. The van der Waals surface area contributed by atoms with Crippen molar-refractivity contribution in [3.05, 3.63) is 71.4 Å². The van der Waals surface area contributed by atoms with Crippen molar-refractivity contribution in [2.24, 2.45) is 0 Å². The van der Waals surface area contributed by atoms with E-state index in [2.05, 4.69) is 20.6 Å². The Labute approximate surface area is 197 Å². The van der Waals surface area contributed by atoms with Gasteiger partial charge < -0.3 is 19.2 Å². The molecule has 0 unspecified atom stereocenters. The molecule has 4 aromatic rings. The van der Waals surface area contributed by atoms with Gasteiger partial charge in [0.1, 0.15) is 23.0 Å². The Morgan fingerprint density at radius 2 is 1.68 bits per heavy atom. The SMILES string of the molecule is CCOc1ccccc1NC(=O)c1nnn(Cc2nc(-c3ccccc3OCC)oc2C)c1C. The minimum absolute atomic E-state index is 0.231. The summed E-state index contributed by atoms with van der Waals surface area (Å²) in [5.41, 5.74) is 2.90. The van der Waals surface area contributed by atoms with Crippen molar-refractivity contribution < 1.29 is 18.7 Å². The topological polar surface area (TPSA) is 104 Å². The van der Waals surface area contributed by atoms with Crippen LogP contribution in [0.15, 0.2) is 52.9 Å². The van der Waals surface area contributed by atoms with Crippen LogP contribution in [-0.2, 0) is 6.54 Å². The van der Waals surface area contributed by atoms with E-state index in [0.717, 1.165) is 5.56 Å². The maximum absolute atomic E-state index is 12.9.